The lowest BCUT2D eigenvalue weighted by Gasteiger charge is -2.20. The maximum atomic E-state index is 12.5. The summed E-state index contributed by atoms with van der Waals surface area (Å²) in [4.78, 5) is 24.0. The van der Waals surface area contributed by atoms with Crippen LogP contribution in [0.4, 0.5) is 5.69 Å². The summed E-state index contributed by atoms with van der Waals surface area (Å²) < 4.78 is 0. The molecule has 0 atom stereocenters. The second kappa shape index (κ2) is 5.97. The van der Waals surface area contributed by atoms with E-state index in [4.69, 9.17) is 5.73 Å². The minimum Gasteiger partial charge on any atom is -0.396 e. The summed E-state index contributed by atoms with van der Waals surface area (Å²) in [6.07, 6.45) is 5.08. The molecule has 6 heteroatoms. The molecule has 0 saturated carbocycles. The molecule has 0 radical (unpaired) electrons. The van der Waals surface area contributed by atoms with Crippen LogP contribution in [0.25, 0.3) is 10.3 Å². The van der Waals surface area contributed by atoms with Crippen molar-refractivity contribution in [3.8, 4) is 0 Å². The molecule has 0 bridgehead atoms. The third-order valence-corrected chi connectivity index (χ3v) is 3.92. The fourth-order valence-electron chi connectivity index (χ4n) is 2.00. The molecule has 0 aliphatic rings. The summed E-state index contributed by atoms with van der Waals surface area (Å²) in [5, 5.41) is 0. The van der Waals surface area contributed by atoms with E-state index >= 15 is 0 Å². The molecule has 0 aliphatic carbocycles. The first kappa shape index (κ1) is 13.7. The Balaban J connectivity index is 2.37. The zero-order valence-electron chi connectivity index (χ0n) is 11.2. The fourth-order valence-corrected chi connectivity index (χ4v) is 2.99. The third kappa shape index (κ3) is 2.68. The average Bonchev–Trinajstić information content (AvgIpc) is 2.76. The van der Waals surface area contributed by atoms with E-state index in [1.807, 2.05) is 4.90 Å². The van der Waals surface area contributed by atoms with E-state index in [9.17, 15) is 4.79 Å². The number of nitrogens with two attached hydrogens (primary N) is 1. The van der Waals surface area contributed by atoms with Crippen molar-refractivity contribution in [1.29, 1.82) is 0 Å². The van der Waals surface area contributed by atoms with E-state index in [1.165, 1.54) is 11.3 Å². The monoisotopic (exact) mass is 278 g/mol. The van der Waals surface area contributed by atoms with Gasteiger partial charge in [0.25, 0.3) is 5.91 Å². The lowest BCUT2D eigenvalue weighted by molar-refractivity contribution is 0.0761. The molecule has 0 fully saturated rings. The van der Waals surface area contributed by atoms with E-state index in [1.54, 1.807) is 12.4 Å². The van der Waals surface area contributed by atoms with Gasteiger partial charge >= 0.3 is 0 Å². The van der Waals surface area contributed by atoms with E-state index < -0.39 is 0 Å². The number of aromatic nitrogens is 2. The molecular weight excluding hydrogens is 260 g/mol. The Morgan fingerprint density at radius 2 is 1.89 bits per heavy atom. The highest BCUT2D eigenvalue weighted by molar-refractivity contribution is 7.21. The van der Waals surface area contributed by atoms with Crippen LogP contribution in [0.1, 0.15) is 36.4 Å². The second-order valence-electron chi connectivity index (χ2n) is 4.35. The van der Waals surface area contributed by atoms with Gasteiger partial charge < -0.3 is 10.6 Å². The van der Waals surface area contributed by atoms with Gasteiger partial charge in [0.15, 0.2) is 0 Å². The zero-order chi connectivity index (χ0) is 13.8. The lowest BCUT2D eigenvalue weighted by atomic mass is 10.3. The largest absolute Gasteiger partial charge is 0.396 e. The number of hydrogen-bond acceptors (Lipinski definition) is 5. The molecular formula is C13H18N4OS. The SMILES string of the molecule is CCCN(CCC)C(=O)c1sc2nccnc2c1N. The number of nitrogens with zero attached hydrogens (tertiary/aromatic N) is 3. The van der Waals surface area contributed by atoms with Crippen LogP contribution in [0.5, 0.6) is 0 Å². The Bertz CT molecular complexity index is 575. The van der Waals surface area contributed by atoms with Crippen molar-refractivity contribution in [3.63, 3.8) is 0 Å². The topological polar surface area (TPSA) is 72.1 Å². The molecule has 0 aromatic carbocycles. The second-order valence-corrected chi connectivity index (χ2v) is 5.35. The predicted octanol–water partition coefficient (Wildman–Crippen LogP) is 2.54. The van der Waals surface area contributed by atoms with Crippen molar-refractivity contribution in [2.75, 3.05) is 18.8 Å². The van der Waals surface area contributed by atoms with Gasteiger partial charge in [-0.15, -0.1) is 11.3 Å². The predicted molar refractivity (Wildman–Crippen MR) is 78.3 cm³/mol. The Morgan fingerprint density at radius 3 is 2.47 bits per heavy atom. The molecule has 19 heavy (non-hydrogen) atoms. The number of amides is 1. The van der Waals surface area contributed by atoms with Crippen LogP contribution in [-0.2, 0) is 0 Å². The van der Waals surface area contributed by atoms with E-state index in [-0.39, 0.29) is 5.91 Å². The van der Waals surface area contributed by atoms with Crippen LogP contribution < -0.4 is 5.73 Å². The van der Waals surface area contributed by atoms with Crippen molar-refractivity contribution in [2.45, 2.75) is 26.7 Å². The number of carbonyl (C=O) groups is 1. The minimum atomic E-state index is -0.00833. The molecule has 1 amide bonds. The average molecular weight is 278 g/mol. The number of hydrogen-bond donors (Lipinski definition) is 1. The van der Waals surface area contributed by atoms with Gasteiger partial charge in [-0.3, -0.25) is 4.79 Å². The Hall–Kier alpha value is -1.69. The van der Waals surface area contributed by atoms with Crippen LogP contribution in [0, 0.1) is 0 Å². The highest BCUT2D eigenvalue weighted by atomic mass is 32.1. The Morgan fingerprint density at radius 1 is 1.26 bits per heavy atom. The van der Waals surface area contributed by atoms with Gasteiger partial charge in [-0.05, 0) is 12.8 Å². The van der Waals surface area contributed by atoms with E-state index in [0.717, 1.165) is 30.8 Å². The molecule has 102 valence electrons. The van der Waals surface area contributed by atoms with Crippen LogP contribution in [0.3, 0.4) is 0 Å². The highest BCUT2D eigenvalue weighted by Gasteiger charge is 2.22. The van der Waals surface area contributed by atoms with Crippen LogP contribution in [0.2, 0.25) is 0 Å². The van der Waals surface area contributed by atoms with Gasteiger partial charge in [0.1, 0.15) is 15.2 Å². The van der Waals surface area contributed by atoms with E-state index in [0.29, 0.717) is 16.1 Å². The molecule has 5 nitrogen and oxygen atoms in total. The van der Waals surface area contributed by atoms with Crippen LogP contribution in [0.15, 0.2) is 12.4 Å². The number of fused-ring (bicyclic) bond motifs is 1. The van der Waals surface area contributed by atoms with Gasteiger partial charge in [-0.25, -0.2) is 9.97 Å². The van der Waals surface area contributed by atoms with Crippen molar-refractivity contribution in [3.05, 3.63) is 17.3 Å². The quantitative estimate of drug-likeness (QED) is 0.912. The molecule has 2 aromatic heterocycles. The fraction of sp³-hybridized carbons (Fsp3) is 0.462. The standard InChI is InChI=1S/C13H18N4OS/c1-3-7-17(8-4-2)13(18)11-9(14)10-12(19-11)16-6-5-15-10/h5-6H,3-4,7-8,14H2,1-2H3. The van der Waals surface area contributed by atoms with Crippen molar-refractivity contribution in [1.82, 2.24) is 14.9 Å². The maximum absolute atomic E-state index is 12.5. The molecule has 2 aromatic rings. The van der Waals surface area contributed by atoms with Gasteiger partial charge in [-0.2, -0.15) is 0 Å². The first-order valence-electron chi connectivity index (χ1n) is 6.47. The van der Waals surface area contributed by atoms with Crippen LogP contribution >= 0.6 is 11.3 Å². The number of nitrogen functional groups attached to an aromatic ring is 1. The number of anilines is 1. The highest BCUT2D eigenvalue weighted by Crippen LogP contribution is 2.31. The summed E-state index contributed by atoms with van der Waals surface area (Å²) >= 11 is 1.32. The van der Waals surface area contributed by atoms with Crippen molar-refractivity contribution in [2.24, 2.45) is 0 Å². The number of rotatable bonds is 5. The molecule has 0 aliphatic heterocycles. The molecule has 0 unspecified atom stereocenters. The lowest BCUT2D eigenvalue weighted by Crippen LogP contribution is -2.32. The van der Waals surface area contributed by atoms with Crippen LogP contribution in [-0.4, -0.2) is 33.9 Å². The zero-order valence-corrected chi connectivity index (χ0v) is 12.0. The minimum absolute atomic E-state index is 0.00833. The maximum Gasteiger partial charge on any atom is 0.266 e. The van der Waals surface area contributed by atoms with Crippen molar-refractivity contribution >= 4 is 33.3 Å². The first-order valence-corrected chi connectivity index (χ1v) is 7.28. The van der Waals surface area contributed by atoms with Gasteiger partial charge in [-0.1, -0.05) is 13.8 Å². The van der Waals surface area contributed by atoms with Gasteiger partial charge in [0.05, 0.1) is 5.69 Å². The van der Waals surface area contributed by atoms with Crippen molar-refractivity contribution < 1.29 is 4.79 Å². The molecule has 2 heterocycles. The summed E-state index contributed by atoms with van der Waals surface area (Å²) in [6.45, 7) is 5.63. The smallest absolute Gasteiger partial charge is 0.266 e. The van der Waals surface area contributed by atoms with Gasteiger partial charge in [0.2, 0.25) is 0 Å². The Labute approximate surface area is 116 Å². The molecule has 2 N–H and O–H groups in total. The molecule has 0 spiro atoms. The summed E-state index contributed by atoms with van der Waals surface area (Å²) in [7, 11) is 0. The third-order valence-electron chi connectivity index (χ3n) is 2.83. The molecule has 2 rings (SSSR count). The number of thiophene rings is 1. The Kier molecular flexibility index (Phi) is 4.31. The summed E-state index contributed by atoms with van der Waals surface area (Å²) in [6, 6.07) is 0. The number of carbonyl (C=O) groups excluding carboxylic acids is 1. The molecule has 0 saturated heterocycles. The normalized spacial score (nSPS) is 10.8. The van der Waals surface area contributed by atoms with E-state index in [2.05, 4.69) is 23.8 Å². The van der Waals surface area contributed by atoms with Gasteiger partial charge in [0, 0.05) is 25.5 Å². The summed E-state index contributed by atoms with van der Waals surface area (Å²) in [5.74, 6) is -0.00833. The summed E-state index contributed by atoms with van der Waals surface area (Å²) in [5.41, 5.74) is 7.11. The first-order chi connectivity index (χ1) is 9.19.